The van der Waals surface area contributed by atoms with Crippen LogP contribution in [0.4, 0.5) is 0 Å². The van der Waals surface area contributed by atoms with E-state index in [4.69, 9.17) is 4.74 Å². The number of aromatic nitrogens is 1. The van der Waals surface area contributed by atoms with Crippen molar-refractivity contribution in [2.45, 2.75) is 20.8 Å². The molecule has 96 valence electrons. The summed E-state index contributed by atoms with van der Waals surface area (Å²) in [6.45, 7) is 5.69. The fourth-order valence-electron chi connectivity index (χ4n) is 2.60. The van der Waals surface area contributed by atoms with Gasteiger partial charge in [0.25, 0.3) is 0 Å². The highest BCUT2D eigenvalue weighted by atomic mass is 16.5. The van der Waals surface area contributed by atoms with Crippen LogP contribution in [0.1, 0.15) is 27.2 Å². The maximum absolute atomic E-state index is 11.5. The molecule has 2 aromatic rings. The Hall–Kier alpha value is -1.97. The zero-order valence-electron chi connectivity index (χ0n) is 11.3. The Morgan fingerprint density at radius 3 is 2.44 bits per heavy atom. The number of methoxy groups -OCH3 is 1. The Balaban J connectivity index is 3.07. The summed E-state index contributed by atoms with van der Waals surface area (Å²) in [7, 11) is 3.49. The van der Waals surface area contributed by atoms with Gasteiger partial charge < -0.3 is 14.4 Å². The third-order valence-corrected chi connectivity index (χ3v) is 3.59. The van der Waals surface area contributed by atoms with Gasteiger partial charge in [-0.3, -0.25) is 0 Å². The van der Waals surface area contributed by atoms with E-state index in [0.29, 0.717) is 5.56 Å². The maximum Gasteiger partial charge on any atom is 0.338 e. The molecule has 0 bridgehead atoms. The molecule has 0 saturated heterocycles. The minimum atomic E-state index is -0.895. The number of hydrogen-bond acceptors (Lipinski definition) is 2. The molecule has 0 aliphatic heterocycles. The third-order valence-electron chi connectivity index (χ3n) is 3.59. The summed E-state index contributed by atoms with van der Waals surface area (Å²) in [5.41, 5.74) is 3.98. The number of nitrogens with zero attached hydrogens (tertiary/aromatic N) is 1. The van der Waals surface area contributed by atoms with Crippen molar-refractivity contribution in [2.75, 3.05) is 7.11 Å². The van der Waals surface area contributed by atoms with E-state index in [1.165, 1.54) is 0 Å². The highest BCUT2D eigenvalue weighted by molar-refractivity contribution is 6.07. The molecule has 2 rings (SSSR count). The Morgan fingerprint density at radius 2 is 1.94 bits per heavy atom. The summed E-state index contributed by atoms with van der Waals surface area (Å²) in [6, 6.07) is 1.95. The molecule has 0 radical (unpaired) electrons. The predicted molar refractivity (Wildman–Crippen MR) is 70.6 cm³/mol. The quantitative estimate of drug-likeness (QED) is 0.887. The van der Waals surface area contributed by atoms with E-state index in [2.05, 4.69) is 0 Å². The fraction of sp³-hybridized carbons (Fsp3) is 0.357. The average Bonchev–Trinajstić information content (AvgIpc) is 2.58. The molecule has 4 heteroatoms. The summed E-state index contributed by atoms with van der Waals surface area (Å²) in [4.78, 5) is 11.5. The van der Waals surface area contributed by atoms with Gasteiger partial charge in [-0.1, -0.05) is 0 Å². The Morgan fingerprint density at radius 1 is 1.33 bits per heavy atom. The molecule has 1 N–H and O–H groups in total. The fourth-order valence-corrected chi connectivity index (χ4v) is 2.60. The first-order chi connectivity index (χ1) is 8.40. The number of rotatable bonds is 2. The van der Waals surface area contributed by atoms with Crippen LogP contribution in [-0.4, -0.2) is 22.8 Å². The number of ether oxygens (including phenoxy) is 1. The number of fused-ring (bicyclic) bond motifs is 1. The minimum Gasteiger partial charge on any atom is -0.496 e. The molecule has 1 aromatic carbocycles. The number of carbonyl (C=O) groups is 1. The second-order valence-corrected chi connectivity index (χ2v) is 4.57. The van der Waals surface area contributed by atoms with E-state index in [1.54, 1.807) is 7.11 Å². The second kappa shape index (κ2) is 4.05. The van der Waals surface area contributed by atoms with Crippen molar-refractivity contribution in [1.82, 2.24) is 4.57 Å². The number of carboxylic acids is 1. The van der Waals surface area contributed by atoms with E-state index in [9.17, 15) is 9.90 Å². The van der Waals surface area contributed by atoms with Crippen LogP contribution in [0.3, 0.4) is 0 Å². The smallest absolute Gasteiger partial charge is 0.338 e. The Kier molecular flexibility index (Phi) is 2.81. The maximum atomic E-state index is 11.5. The van der Waals surface area contributed by atoms with Crippen LogP contribution < -0.4 is 4.74 Å². The summed E-state index contributed by atoms with van der Waals surface area (Å²) in [6.07, 6.45) is 0. The van der Waals surface area contributed by atoms with Gasteiger partial charge in [-0.05, 0) is 32.4 Å². The van der Waals surface area contributed by atoms with E-state index in [1.807, 2.05) is 38.5 Å². The van der Waals surface area contributed by atoms with Gasteiger partial charge in [0.05, 0.1) is 18.2 Å². The number of carboxylic acid groups (broad SMARTS) is 1. The number of hydrogen-bond donors (Lipinski definition) is 1. The van der Waals surface area contributed by atoms with Gasteiger partial charge in [0, 0.05) is 23.7 Å². The lowest BCUT2D eigenvalue weighted by Gasteiger charge is -2.10. The zero-order valence-corrected chi connectivity index (χ0v) is 11.3. The number of benzene rings is 1. The Bertz CT molecular complexity index is 653. The summed E-state index contributed by atoms with van der Waals surface area (Å²) in [5, 5.41) is 10.2. The van der Waals surface area contributed by atoms with Gasteiger partial charge in [0.15, 0.2) is 0 Å². The molecule has 1 heterocycles. The van der Waals surface area contributed by atoms with Crippen molar-refractivity contribution >= 4 is 16.9 Å². The van der Waals surface area contributed by atoms with Crippen LogP contribution in [0.2, 0.25) is 0 Å². The second-order valence-electron chi connectivity index (χ2n) is 4.57. The molecule has 0 amide bonds. The molecule has 4 nitrogen and oxygen atoms in total. The molecule has 0 aliphatic rings. The van der Waals surface area contributed by atoms with Crippen LogP contribution in [0, 0.1) is 20.8 Å². The molecule has 0 atom stereocenters. The van der Waals surface area contributed by atoms with Gasteiger partial charge in [0.1, 0.15) is 5.75 Å². The predicted octanol–water partition coefficient (Wildman–Crippen LogP) is 2.81. The van der Waals surface area contributed by atoms with E-state index >= 15 is 0 Å². The average molecular weight is 247 g/mol. The van der Waals surface area contributed by atoms with Gasteiger partial charge in [0.2, 0.25) is 0 Å². The molecule has 0 fully saturated rings. The highest BCUT2D eigenvalue weighted by Crippen LogP contribution is 2.35. The summed E-state index contributed by atoms with van der Waals surface area (Å²) < 4.78 is 7.25. The first-order valence-corrected chi connectivity index (χ1v) is 5.76. The molecule has 18 heavy (non-hydrogen) atoms. The molecular weight excluding hydrogens is 230 g/mol. The van der Waals surface area contributed by atoms with Crippen molar-refractivity contribution in [3.8, 4) is 5.75 Å². The van der Waals surface area contributed by atoms with Crippen molar-refractivity contribution in [1.29, 1.82) is 0 Å². The van der Waals surface area contributed by atoms with Crippen molar-refractivity contribution < 1.29 is 14.6 Å². The lowest BCUT2D eigenvalue weighted by Crippen LogP contribution is -2.00. The molecule has 1 aromatic heterocycles. The Labute approximate surface area is 106 Å². The largest absolute Gasteiger partial charge is 0.496 e. The van der Waals surface area contributed by atoms with Crippen molar-refractivity contribution in [2.24, 2.45) is 7.05 Å². The van der Waals surface area contributed by atoms with Gasteiger partial charge in [-0.15, -0.1) is 0 Å². The van der Waals surface area contributed by atoms with Crippen LogP contribution in [0.5, 0.6) is 5.75 Å². The monoisotopic (exact) mass is 247 g/mol. The topological polar surface area (TPSA) is 51.5 Å². The number of aryl methyl sites for hydroxylation is 3. The van der Waals surface area contributed by atoms with Crippen LogP contribution in [0.15, 0.2) is 6.07 Å². The lowest BCUT2D eigenvalue weighted by atomic mass is 10.0. The first-order valence-electron chi connectivity index (χ1n) is 5.76. The molecule has 0 aliphatic carbocycles. The lowest BCUT2D eigenvalue weighted by molar-refractivity contribution is 0.0698. The molecule has 0 saturated carbocycles. The van der Waals surface area contributed by atoms with E-state index in [0.717, 1.165) is 33.5 Å². The van der Waals surface area contributed by atoms with E-state index < -0.39 is 5.97 Å². The number of aromatic carboxylic acids is 1. The van der Waals surface area contributed by atoms with E-state index in [-0.39, 0.29) is 0 Å². The molecule has 0 spiro atoms. The summed E-state index contributed by atoms with van der Waals surface area (Å²) >= 11 is 0. The summed E-state index contributed by atoms with van der Waals surface area (Å²) in [5.74, 6) is -0.165. The standard InChI is InChI=1S/C14H17NO3/c1-7-6-10(18-5)8(2)11-12(14(16)17)9(3)15(4)13(7)11/h6H,1-5H3,(H,16,17). The van der Waals surface area contributed by atoms with Gasteiger partial charge >= 0.3 is 5.97 Å². The highest BCUT2D eigenvalue weighted by Gasteiger charge is 2.22. The minimum absolute atomic E-state index is 0.368. The zero-order chi connectivity index (χ0) is 13.6. The van der Waals surface area contributed by atoms with Crippen LogP contribution in [-0.2, 0) is 7.05 Å². The molecular formula is C14H17NO3. The third kappa shape index (κ3) is 1.49. The van der Waals surface area contributed by atoms with Crippen LogP contribution >= 0.6 is 0 Å². The van der Waals surface area contributed by atoms with Crippen LogP contribution in [0.25, 0.3) is 10.9 Å². The van der Waals surface area contributed by atoms with Crippen molar-refractivity contribution in [3.05, 3.63) is 28.5 Å². The first kappa shape index (κ1) is 12.5. The van der Waals surface area contributed by atoms with Gasteiger partial charge in [-0.2, -0.15) is 0 Å². The van der Waals surface area contributed by atoms with Gasteiger partial charge in [-0.25, -0.2) is 4.79 Å². The SMILES string of the molecule is COc1cc(C)c2c(c1C)c(C(=O)O)c(C)n2C. The normalized spacial score (nSPS) is 10.9. The molecule has 0 unspecified atom stereocenters. The van der Waals surface area contributed by atoms with Crippen molar-refractivity contribution in [3.63, 3.8) is 0 Å².